The number of nitrogens with one attached hydrogen (secondary N) is 2. The van der Waals surface area contributed by atoms with Crippen LogP contribution < -0.4 is 20.1 Å². The van der Waals surface area contributed by atoms with E-state index in [1.54, 1.807) is 12.1 Å². The van der Waals surface area contributed by atoms with Crippen molar-refractivity contribution in [1.29, 1.82) is 0 Å². The molecule has 1 aliphatic heterocycles. The van der Waals surface area contributed by atoms with E-state index in [2.05, 4.69) is 10.6 Å². The Morgan fingerprint density at radius 1 is 1.07 bits per heavy atom. The smallest absolute Gasteiger partial charge is 0.251 e. The van der Waals surface area contributed by atoms with Gasteiger partial charge in [0.15, 0.2) is 11.5 Å². The molecule has 3 rings (SSSR count). The summed E-state index contributed by atoms with van der Waals surface area (Å²) < 4.78 is 24.0. The van der Waals surface area contributed by atoms with Crippen LogP contribution >= 0.6 is 11.6 Å². The molecule has 2 aromatic rings. The SMILES string of the molecule is O=C(CNC(=O)c1ccc(F)cc1)NCc1cc(Cl)c2c(c1)OCCCO2. The van der Waals surface area contributed by atoms with Gasteiger partial charge in [-0.05, 0) is 42.0 Å². The fraction of sp³-hybridized carbons (Fsp3) is 0.263. The van der Waals surface area contributed by atoms with Gasteiger partial charge in [0.1, 0.15) is 5.82 Å². The lowest BCUT2D eigenvalue weighted by molar-refractivity contribution is -0.120. The summed E-state index contributed by atoms with van der Waals surface area (Å²) in [6, 6.07) is 8.53. The normalized spacial score (nSPS) is 12.8. The van der Waals surface area contributed by atoms with Crippen molar-refractivity contribution in [3.8, 4) is 11.5 Å². The first kappa shape index (κ1) is 19.0. The monoisotopic (exact) mass is 392 g/mol. The molecule has 1 aliphatic rings. The molecule has 0 bridgehead atoms. The maximum absolute atomic E-state index is 12.9. The number of fused-ring (bicyclic) bond motifs is 1. The number of carbonyl (C=O) groups excluding carboxylic acids is 2. The molecule has 0 spiro atoms. The van der Waals surface area contributed by atoms with Crippen LogP contribution in [0.15, 0.2) is 36.4 Å². The zero-order valence-electron chi connectivity index (χ0n) is 14.4. The molecule has 0 aliphatic carbocycles. The Morgan fingerprint density at radius 3 is 2.59 bits per heavy atom. The van der Waals surface area contributed by atoms with Gasteiger partial charge in [-0.3, -0.25) is 9.59 Å². The summed E-state index contributed by atoms with van der Waals surface area (Å²) in [5, 5.41) is 5.60. The summed E-state index contributed by atoms with van der Waals surface area (Å²) >= 11 is 6.22. The van der Waals surface area contributed by atoms with Gasteiger partial charge in [0.2, 0.25) is 5.91 Å². The fourth-order valence-corrected chi connectivity index (χ4v) is 2.80. The van der Waals surface area contributed by atoms with Crippen molar-refractivity contribution >= 4 is 23.4 Å². The van der Waals surface area contributed by atoms with Crippen molar-refractivity contribution in [1.82, 2.24) is 10.6 Å². The number of rotatable bonds is 5. The Labute approximate surface area is 160 Å². The molecule has 0 radical (unpaired) electrons. The average Bonchev–Trinajstić information content (AvgIpc) is 2.91. The Morgan fingerprint density at radius 2 is 1.81 bits per heavy atom. The Balaban J connectivity index is 1.52. The van der Waals surface area contributed by atoms with Gasteiger partial charge in [-0.1, -0.05) is 11.6 Å². The van der Waals surface area contributed by atoms with Crippen LogP contribution in [-0.4, -0.2) is 31.6 Å². The third kappa shape index (κ3) is 5.10. The molecular formula is C19H18ClFN2O4. The Hall–Kier alpha value is -2.80. The minimum atomic E-state index is -0.455. The zero-order chi connectivity index (χ0) is 19.2. The molecule has 0 aromatic heterocycles. The summed E-state index contributed by atoms with van der Waals surface area (Å²) in [7, 11) is 0. The first-order chi connectivity index (χ1) is 13.0. The fourth-order valence-electron chi connectivity index (χ4n) is 2.51. The highest BCUT2D eigenvalue weighted by atomic mass is 35.5. The zero-order valence-corrected chi connectivity index (χ0v) is 15.1. The second-order valence-electron chi connectivity index (χ2n) is 5.92. The maximum Gasteiger partial charge on any atom is 0.251 e. The van der Waals surface area contributed by atoms with Gasteiger partial charge in [-0.15, -0.1) is 0 Å². The summed E-state index contributed by atoms with van der Waals surface area (Å²) in [5.74, 6) is -0.194. The minimum absolute atomic E-state index is 0.200. The predicted octanol–water partition coefficient (Wildman–Crippen LogP) is 2.69. The molecule has 2 aromatic carbocycles. The van der Waals surface area contributed by atoms with Crippen molar-refractivity contribution in [2.24, 2.45) is 0 Å². The maximum atomic E-state index is 12.9. The third-order valence-electron chi connectivity index (χ3n) is 3.87. The lowest BCUT2D eigenvalue weighted by Crippen LogP contribution is -2.36. The van der Waals surface area contributed by atoms with Crippen LogP contribution in [0.25, 0.3) is 0 Å². The van der Waals surface area contributed by atoms with E-state index < -0.39 is 11.7 Å². The van der Waals surface area contributed by atoms with E-state index in [0.717, 1.165) is 12.0 Å². The highest BCUT2D eigenvalue weighted by Gasteiger charge is 2.16. The van der Waals surface area contributed by atoms with Gasteiger partial charge in [0.05, 0.1) is 24.8 Å². The predicted molar refractivity (Wildman–Crippen MR) is 97.6 cm³/mol. The number of hydrogen-bond acceptors (Lipinski definition) is 4. The number of halogens is 2. The molecule has 2 N–H and O–H groups in total. The topological polar surface area (TPSA) is 76.7 Å². The molecule has 6 nitrogen and oxygen atoms in total. The summed E-state index contributed by atoms with van der Waals surface area (Å²) in [6.45, 7) is 1.10. The highest BCUT2D eigenvalue weighted by molar-refractivity contribution is 6.32. The van der Waals surface area contributed by atoms with Crippen LogP contribution in [0.1, 0.15) is 22.3 Å². The van der Waals surface area contributed by atoms with E-state index in [0.29, 0.717) is 29.7 Å². The second-order valence-corrected chi connectivity index (χ2v) is 6.33. The molecular weight excluding hydrogens is 375 g/mol. The quantitative estimate of drug-likeness (QED) is 0.820. The van der Waals surface area contributed by atoms with Crippen molar-refractivity contribution in [2.45, 2.75) is 13.0 Å². The lowest BCUT2D eigenvalue weighted by Gasteiger charge is -2.12. The molecule has 0 atom stereocenters. The Bertz CT molecular complexity index is 842. The third-order valence-corrected chi connectivity index (χ3v) is 4.15. The summed E-state index contributed by atoms with van der Waals surface area (Å²) in [5.41, 5.74) is 1.03. The van der Waals surface area contributed by atoms with E-state index in [9.17, 15) is 14.0 Å². The van der Waals surface area contributed by atoms with Gasteiger partial charge < -0.3 is 20.1 Å². The molecule has 1 heterocycles. The van der Waals surface area contributed by atoms with Gasteiger partial charge in [-0.25, -0.2) is 4.39 Å². The van der Waals surface area contributed by atoms with E-state index >= 15 is 0 Å². The summed E-state index contributed by atoms with van der Waals surface area (Å²) in [4.78, 5) is 23.9. The van der Waals surface area contributed by atoms with Crippen LogP contribution in [0.2, 0.25) is 5.02 Å². The van der Waals surface area contributed by atoms with Crippen LogP contribution in [-0.2, 0) is 11.3 Å². The second kappa shape index (κ2) is 8.73. The van der Waals surface area contributed by atoms with Crippen molar-refractivity contribution < 1.29 is 23.5 Å². The lowest BCUT2D eigenvalue weighted by atomic mass is 10.2. The Kier molecular flexibility index (Phi) is 6.13. The molecule has 0 saturated carbocycles. The van der Waals surface area contributed by atoms with Gasteiger partial charge in [0, 0.05) is 18.5 Å². The number of amides is 2. The number of carbonyl (C=O) groups is 2. The molecule has 142 valence electrons. The standard InChI is InChI=1S/C19H18ClFN2O4/c20-15-8-12(9-16-18(15)27-7-1-6-26-16)10-22-17(24)11-23-19(25)13-2-4-14(21)5-3-13/h2-5,8-9H,1,6-7,10-11H2,(H,22,24)(H,23,25). The van der Waals surface area contributed by atoms with E-state index in [1.807, 2.05) is 0 Å². The molecule has 2 amide bonds. The van der Waals surface area contributed by atoms with Crippen LogP contribution in [0.5, 0.6) is 11.5 Å². The van der Waals surface area contributed by atoms with Crippen molar-refractivity contribution in [2.75, 3.05) is 19.8 Å². The largest absolute Gasteiger partial charge is 0.489 e. The molecule has 0 fully saturated rings. The van der Waals surface area contributed by atoms with Gasteiger partial charge in [-0.2, -0.15) is 0 Å². The van der Waals surface area contributed by atoms with Crippen LogP contribution in [0.4, 0.5) is 4.39 Å². The molecule has 0 unspecified atom stereocenters. The van der Waals surface area contributed by atoms with E-state index in [-0.39, 0.29) is 24.6 Å². The summed E-state index contributed by atoms with van der Waals surface area (Å²) in [6.07, 6.45) is 0.769. The molecule has 27 heavy (non-hydrogen) atoms. The minimum Gasteiger partial charge on any atom is -0.489 e. The van der Waals surface area contributed by atoms with Crippen LogP contribution in [0, 0.1) is 5.82 Å². The van der Waals surface area contributed by atoms with Crippen molar-refractivity contribution in [3.05, 3.63) is 58.4 Å². The molecule has 0 saturated heterocycles. The number of hydrogen-bond donors (Lipinski definition) is 2. The van der Waals surface area contributed by atoms with E-state index in [1.165, 1.54) is 24.3 Å². The molecule has 8 heteroatoms. The average molecular weight is 393 g/mol. The number of benzene rings is 2. The number of ether oxygens (including phenoxy) is 2. The van der Waals surface area contributed by atoms with Crippen LogP contribution in [0.3, 0.4) is 0 Å². The first-order valence-corrected chi connectivity index (χ1v) is 8.79. The van der Waals surface area contributed by atoms with Crippen molar-refractivity contribution in [3.63, 3.8) is 0 Å². The van der Waals surface area contributed by atoms with Gasteiger partial charge in [0.25, 0.3) is 5.91 Å². The highest BCUT2D eigenvalue weighted by Crippen LogP contribution is 2.37. The first-order valence-electron chi connectivity index (χ1n) is 8.41. The van der Waals surface area contributed by atoms with Gasteiger partial charge >= 0.3 is 0 Å². The van der Waals surface area contributed by atoms with E-state index in [4.69, 9.17) is 21.1 Å².